The number of allylic oxidation sites excluding steroid dienone is 3. The highest BCUT2D eigenvalue weighted by atomic mass is 32.1. The van der Waals surface area contributed by atoms with Gasteiger partial charge in [0.2, 0.25) is 5.13 Å². The number of nitrogens with zero attached hydrogens (tertiary/aromatic N) is 3. The molecule has 2 aromatic rings. The molecule has 0 saturated carbocycles. The number of H-pyrrole nitrogens is 1. The van der Waals surface area contributed by atoms with Crippen LogP contribution >= 0.6 is 34.9 Å². The Bertz CT molecular complexity index is 1080. The zero-order valence-electron chi connectivity index (χ0n) is 14.8. The zero-order chi connectivity index (χ0) is 19.3. The molecule has 0 aromatic carbocycles. The van der Waals surface area contributed by atoms with E-state index in [4.69, 9.17) is 18.0 Å². The molecule has 1 unspecified atom stereocenters. The molecule has 0 spiro atoms. The molecule has 2 aromatic heterocycles. The highest BCUT2D eigenvalue weighted by Gasteiger charge is 2.45. The van der Waals surface area contributed by atoms with Gasteiger partial charge in [0.25, 0.3) is 0 Å². The van der Waals surface area contributed by atoms with Crippen molar-refractivity contribution in [2.24, 2.45) is 11.1 Å². The normalized spacial score (nSPS) is 22.0. The topological polar surface area (TPSA) is 98.8 Å². The lowest BCUT2D eigenvalue weighted by Crippen LogP contribution is -2.42. The van der Waals surface area contributed by atoms with E-state index in [-0.39, 0.29) is 11.2 Å². The van der Waals surface area contributed by atoms with Crippen LogP contribution in [0.5, 0.6) is 0 Å². The maximum absolute atomic E-state index is 13.2. The van der Waals surface area contributed by atoms with E-state index in [0.717, 1.165) is 10.6 Å². The maximum Gasteiger partial charge on any atom is 0.216 e. The fourth-order valence-electron chi connectivity index (χ4n) is 3.79. The molecule has 27 heavy (non-hydrogen) atoms. The second-order valence-corrected chi connectivity index (χ2v) is 10.0. The Kier molecular flexibility index (Phi) is 4.29. The first kappa shape index (κ1) is 18.1. The van der Waals surface area contributed by atoms with Crippen LogP contribution in [-0.4, -0.2) is 16.0 Å². The summed E-state index contributed by atoms with van der Waals surface area (Å²) in [4.78, 5) is 15.9. The van der Waals surface area contributed by atoms with Crippen LogP contribution in [0, 0.1) is 20.7 Å². The summed E-state index contributed by atoms with van der Waals surface area (Å²) in [6, 6.07) is 6.12. The summed E-state index contributed by atoms with van der Waals surface area (Å²) in [5.41, 5.74) is 8.13. The van der Waals surface area contributed by atoms with Crippen LogP contribution in [0.2, 0.25) is 0 Å². The average Bonchev–Trinajstić information content (AvgIpc) is 3.24. The standard InChI is InChI=1S/C18H17N5OS3/c1-18(2)6-10-14(11(24)7-18)13(12-4-3-5-26-12)9(8-19)15(20)23(10)16-21-22-17(25)27-16/h3-5,13H,6-7,20H2,1-2H3,(H,22,25). The van der Waals surface area contributed by atoms with E-state index in [1.54, 1.807) is 4.90 Å². The second kappa shape index (κ2) is 6.41. The van der Waals surface area contributed by atoms with Crippen molar-refractivity contribution in [3.63, 3.8) is 0 Å². The van der Waals surface area contributed by atoms with Gasteiger partial charge >= 0.3 is 0 Å². The summed E-state index contributed by atoms with van der Waals surface area (Å²) < 4.78 is 0.514. The third-order valence-electron chi connectivity index (χ3n) is 4.83. The summed E-state index contributed by atoms with van der Waals surface area (Å²) >= 11 is 7.97. The fraction of sp³-hybridized carbons (Fsp3) is 0.333. The van der Waals surface area contributed by atoms with E-state index >= 15 is 0 Å². The number of thiophene rings is 1. The fourth-order valence-corrected chi connectivity index (χ4v) is 5.55. The molecule has 1 aliphatic carbocycles. The minimum Gasteiger partial charge on any atom is -0.384 e. The number of aromatic amines is 1. The quantitative estimate of drug-likeness (QED) is 0.713. The monoisotopic (exact) mass is 415 g/mol. The van der Waals surface area contributed by atoms with E-state index in [1.165, 1.54) is 22.7 Å². The van der Waals surface area contributed by atoms with Crippen LogP contribution in [-0.2, 0) is 4.79 Å². The number of nitrogens with two attached hydrogens (primary N) is 1. The number of nitrogens with one attached hydrogen (secondary N) is 1. The second-order valence-electron chi connectivity index (χ2n) is 7.39. The Labute approximate surface area is 169 Å². The number of aromatic nitrogens is 2. The number of Topliss-reactive ketones (excluding diaryl/α,β-unsaturated/α-hetero) is 1. The Morgan fingerprint density at radius 1 is 1.48 bits per heavy atom. The van der Waals surface area contributed by atoms with Crippen LogP contribution in [0.1, 0.15) is 37.5 Å². The van der Waals surface area contributed by atoms with Gasteiger partial charge in [-0.3, -0.25) is 14.8 Å². The van der Waals surface area contributed by atoms with Crippen molar-refractivity contribution in [3.05, 3.63) is 49.0 Å². The molecule has 9 heteroatoms. The lowest BCUT2D eigenvalue weighted by molar-refractivity contribution is -0.118. The van der Waals surface area contributed by atoms with Crippen molar-refractivity contribution in [1.82, 2.24) is 10.2 Å². The van der Waals surface area contributed by atoms with E-state index in [0.29, 0.717) is 38.9 Å². The minimum absolute atomic E-state index is 0.0593. The Morgan fingerprint density at radius 3 is 2.85 bits per heavy atom. The third-order valence-corrected chi connectivity index (χ3v) is 6.84. The average molecular weight is 416 g/mol. The Hall–Kier alpha value is -2.28. The van der Waals surface area contributed by atoms with Gasteiger partial charge in [-0.15, -0.1) is 16.4 Å². The first-order chi connectivity index (χ1) is 12.8. The molecule has 4 rings (SSSR count). The van der Waals surface area contributed by atoms with Gasteiger partial charge in [0.15, 0.2) is 9.74 Å². The maximum atomic E-state index is 13.2. The first-order valence-corrected chi connectivity index (χ1v) is 10.5. The van der Waals surface area contributed by atoms with Crippen LogP contribution in [0.25, 0.3) is 0 Å². The first-order valence-electron chi connectivity index (χ1n) is 8.37. The smallest absolute Gasteiger partial charge is 0.216 e. The predicted octanol–water partition coefficient (Wildman–Crippen LogP) is 4.20. The van der Waals surface area contributed by atoms with Crippen molar-refractivity contribution in [3.8, 4) is 6.07 Å². The number of hydrogen-bond donors (Lipinski definition) is 2. The van der Waals surface area contributed by atoms with Gasteiger partial charge in [-0.2, -0.15) is 5.26 Å². The molecule has 3 heterocycles. The van der Waals surface area contributed by atoms with Crippen molar-refractivity contribution in [2.75, 3.05) is 4.90 Å². The molecule has 2 aliphatic rings. The summed E-state index contributed by atoms with van der Waals surface area (Å²) in [6.45, 7) is 4.14. The van der Waals surface area contributed by atoms with E-state index < -0.39 is 5.92 Å². The number of nitriles is 1. The van der Waals surface area contributed by atoms with E-state index in [2.05, 4.69) is 30.1 Å². The molecule has 0 amide bonds. The van der Waals surface area contributed by atoms with Gasteiger partial charge in [0.1, 0.15) is 5.82 Å². The Morgan fingerprint density at radius 2 is 2.26 bits per heavy atom. The van der Waals surface area contributed by atoms with Crippen LogP contribution in [0.15, 0.2) is 40.2 Å². The van der Waals surface area contributed by atoms with E-state index in [1.807, 2.05) is 17.5 Å². The van der Waals surface area contributed by atoms with Crippen LogP contribution < -0.4 is 10.6 Å². The minimum atomic E-state index is -0.420. The number of carbonyl (C=O) groups is 1. The van der Waals surface area contributed by atoms with Gasteiger partial charge in [0.05, 0.1) is 17.6 Å². The van der Waals surface area contributed by atoms with Crippen molar-refractivity contribution in [2.45, 2.75) is 32.6 Å². The van der Waals surface area contributed by atoms with E-state index in [9.17, 15) is 10.1 Å². The van der Waals surface area contributed by atoms with Crippen molar-refractivity contribution >= 4 is 45.8 Å². The number of anilines is 1. The summed E-state index contributed by atoms with van der Waals surface area (Å²) in [6.07, 6.45) is 1.11. The van der Waals surface area contributed by atoms with Gasteiger partial charge in [-0.1, -0.05) is 31.3 Å². The number of rotatable bonds is 2. The molecule has 0 fully saturated rings. The number of ketones is 1. The largest absolute Gasteiger partial charge is 0.384 e. The lowest BCUT2D eigenvalue weighted by atomic mass is 9.70. The molecular weight excluding hydrogens is 398 g/mol. The van der Waals surface area contributed by atoms with Gasteiger partial charge in [0, 0.05) is 22.6 Å². The van der Waals surface area contributed by atoms with Crippen molar-refractivity contribution in [1.29, 1.82) is 5.26 Å². The SMILES string of the molecule is CC1(C)CC(=O)C2=C(C1)N(c1n[nH]c(=S)s1)C(N)=C(C#N)C2c1cccs1. The molecule has 0 saturated heterocycles. The summed E-state index contributed by atoms with van der Waals surface area (Å²) in [7, 11) is 0. The summed E-state index contributed by atoms with van der Waals surface area (Å²) in [5, 5.41) is 19.4. The zero-order valence-corrected chi connectivity index (χ0v) is 17.2. The van der Waals surface area contributed by atoms with Crippen LogP contribution in [0.4, 0.5) is 5.13 Å². The lowest BCUT2D eigenvalue weighted by Gasteiger charge is -2.42. The molecule has 1 aliphatic heterocycles. The molecule has 138 valence electrons. The van der Waals surface area contributed by atoms with Gasteiger partial charge in [-0.05, 0) is 35.5 Å². The van der Waals surface area contributed by atoms with Crippen LogP contribution in [0.3, 0.4) is 0 Å². The Balaban J connectivity index is 2.01. The number of hydrogen-bond acceptors (Lipinski definition) is 8. The molecule has 0 bridgehead atoms. The highest BCUT2D eigenvalue weighted by Crippen LogP contribution is 2.50. The number of carbonyl (C=O) groups excluding carboxylic acids is 1. The van der Waals surface area contributed by atoms with Crippen molar-refractivity contribution < 1.29 is 4.79 Å². The molecule has 3 N–H and O–H groups in total. The van der Waals surface area contributed by atoms with Gasteiger partial charge in [-0.25, -0.2) is 0 Å². The predicted molar refractivity (Wildman–Crippen MR) is 109 cm³/mol. The molecule has 1 atom stereocenters. The summed E-state index contributed by atoms with van der Waals surface area (Å²) in [5.74, 6) is -0.0429. The molecular formula is C18H17N5OS3. The molecule has 6 nitrogen and oxygen atoms in total. The molecule has 0 radical (unpaired) electrons. The third kappa shape index (κ3) is 2.94. The van der Waals surface area contributed by atoms with Gasteiger partial charge < -0.3 is 5.73 Å². The highest BCUT2D eigenvalue weighted by molar-refractivity contribution is 7.73.